The Morgan fingerprint density at radius 3 is 2.50 bits per heavy atom. The van der Waals surface area contributed by atoms with Crippen LogP contribution in [0.15, 0.2) is 24.3 Å². The predicted octanol–water partition coefficient (Wildman–Crippen LogP) is 2.25. The number of benzene rings is 1. The van der Waals surface area contributed by atoms with E-state index in [2.05, 4.69) is 29.3 Å². The van der Waals surface area contributed by atoms with Crippen molar-refractivity contribution in [2.45, 2.75) is 25.4 Å². The van der Waals surface area contributed by atoms with Crippen LogP contribution in [-0.2, 0) is 11.3 Å². The molecule has 0 bridgehead atoms. The molecule has 1 radical (unpaired) electrons. The maximum absolute atomic E-state index is 10.9. The lowest BCUT2D eigenvalue weighted by Crippen LogP contribution is -2.43. The van der Waals surface area contributed by atoms with Gasteiger partial charge in [-0.05, 0) is 30.5 Å². The average Bonchev–Trinajstić information content (AvgIpc) is 2.34. The summed E-state index contributed by atoms with van der Waals surface area (Å²) in [5.41, 5.74) is 1.28. The number of amides is 1. The molecular weight excluding hydrogens is 248 g/mol. The molecule has 3 nitrogen and oxygen atoms in total. The Labute approximate surface area is 113 Å². The molecule has 0 aromatic heterocycles. The molecule has 0 aliphatic carbocycles. The molecule has 18 heavy (non-hydrogen) atoms. The topological polar surface area (TPSA) is 32.3 Å². The lowest BCUT2D eigenvalue weighted by atomic mass is 10.0. The van der Waals surface area contributed by atoms with Gasteiger partial charge in [-0.15, -0.1) is 0 Å². The van der Waals surface area contributed by atoms with Gasteiger partial charge in [0, 0.05) is 37.6 Å². The summed E-state index contributed by atoms with van der Waals surface area (Å²) in [5, 5.41) is 3.65. The van der Waals surface area contributed by atoms with Gasteiger partial charge in [-0.25, -0.2) is 0 Å². The number of likely N-dealkylation sites (tertiary alicyclic amines) is 1. The molecule has 1 amide bonds. The van der Waals surface area contributed by atoms with Crippen molar-refractivity contribution in [1.82, 2.24) is 10.2 Å². The first-order valence-electron chi connectivity index (χ1n) is 6.23. The van der Waals surface area contributed by atoms with Crippen molar-refractivity contribution in [3.05, 3.63) is 41.8 Å². The van der Waals surface area contributed by atoms with Crippen molar-refractivity contribution < 1.29 is 4.79 Å². The van der Waals surface area contributed by atoms with Crippen molar-refractivity contribution in [2.75, 3.05) is 13.1 Å². The highest BCUT2D eigenvalue weighted by Crippen LogP contribution is 2.15. The average molecular weight is 266 g/mol. The molecule has 2 rings (SSSR count). The normalized spacial score (nSPS) is 17.7. The first-order chi connectivity index (χ1) is 8.63. The quantitative estimate of drug-likeness (QED) is 0.909. The fourth-order valence-corrected chi connectivity index (χ4v) is 2.44. The van der Waals surface area contributed by atoms with Crippen molar-refractivity contribution in [2.24, 2.45) is 0 Å². The van der Waals surface area contributed by atoms with Crippen LogP contribution < -0.4 is 5.32 Å². The van der Waals surface area contributed by atoms with Crippen LogP contribution in [0.1, 0.15) is 18.4 Å². The zero-order valence-electron chi connectivity index (χ0n) is 10.4. The van der Waals surface area contributed by atoms with Crippen LogP contribution >= 0.6 is 11.6 Å². The third kappa shape index (κ3) is 4.00. The molecule has 1 aromatic carbocycles. The second-order valence-electron chi connectivity index (χ2n) is 4.74. The standard InChI is InChI=1S/C14H18ClN2O/c1-11(18)16-14-6-8-17(9-7-14)10-12-2-4-13(15)5-3-12/h2-5,14H,1,6-10H2,(H,16,18). The van der Waals surface area contributed by atoms with E-state index < -0.39 is 0 Å². The van der Waals surface area contributed by atoms with Gasteiger partial charge in [-0.2, -0.15) is 0 Å². The highest BCUT2D eigenvalue weighted by Gasteiger charge is 2.19. The van der Waals surface area contributed by atoms with Crippen LogP contribution in [0.3, 0.4) is 0 Å². The van der Waals surface area contributed by atoms with E-state index in [1.54, 1.807) is 0 Å². The number of halogens is 1. The third-order valence-electron chi connectivity index (χ3n) is 3.27. The fraction of sp³-hybridized carbons (Fsp3) is 0.429. The van der Waals surface area contributed by atoms with Gasteiger partial charge in [0.05, 0.1) is 0 Å². The van der Waals surface area contributed by atoms with Gasteiger partial charge in [0.25, 0.3) is 0 Å². The van der Waals surface area contributed by atoms with E-state index in [9.17, 15) is 4.79 Å². The zero-order valence-corrected chi connectivity index (χ0v) is 11.1. The number of rotatable bonds is 3. The maximum Gasteiger partial charge on any atom is 0.220 e. The number of nitrogens with one attached hydrogen (secondary N) is 1. The summed E-state index contributed by atoms with van der Waals surface area (Å²) in [4.78, 5) is 13.3. The van der Waals surface area contributed by atoms with Crippen LogP contribution in [0.2, 0.25) is 5.02 Å². The Hall–Kier alpha value is -1.06. The second kappa shape index (κ2) is 6.21. The van der Waals surface area contributed by atoms with E-state index in [-0.39, 0.29) is 11.9 Å². The van der Waals surface area contributed by atoms with Gasteiger partial charge in [-0.1, -0.05) is 23.7 Å². The van der Waals surface area contributed by atoms with Crippen molar-refractivity contribution >= 4 is 17.5 Å². The molecular formula is C14H18ClN2O. The number of nitrogens with zero attached hydrogens (tertiary/aromatic N) is 1. The highest BCUT2D eigenvalue weighted by molar-refractivity contribution is 6.30. The number of hydrogen-bond donors (Lipinski definition) is 1. The molecule has 1 heterocycles. The number of piperidine rings is 1. The predicted molar refractivity (Wildman–Crippen MR) is 73.3 cm³/mol. The largest absolute Gasteiger partial charge is 0.353 e. The number of hydrogen-bond acceptors (Lipinski definition) is 2. The summed E-state index contributed by atoms with van der Waals surface area (Å²) in [5.74, 6) is -0.175. The molecule has 0 saturated carbocycles. The van der Waals surface area contributed by atoms with Gasteiger partial charge < -0.3 is 5.32 Å². The Kier molecular flexibility index (Phi) is 4.61. The van der Waals surface area contributed by atoms with E-state index >= 15 is 0 Å². The van der Waals surface area contributed by atoms with E-state index in [1.165, 1.54) is 5.56 Å². The van der Waals surface area contributed by atoms with Crippen LogP contribution in [0, 0.1) is 6.92 Å². The van der Waals surface area contributed by atoms with Crippen molar-refractivity contribution in [3.63, 3.8) is 0 Å². The van der Waals surface area contributed by atoms with Crippen LogP contribution in [0.4, 0.5) is 0 Å². The minimum atomic E-state index is -0.175. The summed E-state index contributed by atoms with van der Waals surface area (Å²) in [7, 11) is 0. The fourth-order valence-electron chi connectivity index (χ4n) is 2.31. The zero-order chi connectivity index (χ0) is 13.0. The SMILES string of the molecule is [CH2]C(=O)NC1CCN(Cc2ccc(Cl)cc2)CC1. The molecule has 1 fully saturated rings. The summed E-state index contributed by atoms with van der Waals surface area (Å²) >= 11 is 5.86. The maximum atomic E-state index is 10.9. The number of carbonyl (C=O) groups excluding carboxylic acids is 1. The summed E-state index contributed by atoms with van der Waals surface area (Å²) in [6.07, 6.45) is 1.99. The minimum absolute atomic E-state index is 0.175. The molecule has 1 N–H and O–H groups in total. The first kappa shape index (κ1) is 13.4. The molecule has 0 unspecified atom stereocenters. The van der Waals surface area contributed by atoms with Crippen molar-refractivity contribution in [1.29, 1.82) is 0 Å². The smallest absolute Gasteiger partial charge is 0.220 e. The Balaban J connectivity index is 1.79. The van der Waals surface area contributed by atoms with Gasteiger partial charge in [0.1, 0.15) is 0 Å². The third-order valence-corrected chi connectivity index (χ3v) is 3.52. The van der Waals surface area contributed by atoms with Gasteiger partial charge in [0.2, 0.25) is 5.91 Å². The minimum Gasteiger partial charge on any atom is -0.353 e. The summed E-state index contributed by atoms with van der Waals surface area (Å²) in [6.45, 7) is 6.31. The molecule has 4 heteroatoms. The highest BCUT2D eigenvalue weighted by atomic mass is 35.5. The van der Waals surface area contributed by atoms with E-state index in [0.29, 0.717) is 0 Å². The van der Waals surface area contributed by atoms with E-state index in [4.69, 9.17) is 11.6 Å². The molecule has 1 saturated heterocycles. The lowest BCUT2D eigenvalue weighted by Gasteiger charge is -2.32. The Bertz CT molecular complexity index is 397. The molecule has 1 aliphatic heterocycles. The van der Waals surface area contributed by atoms with Gasteiger partial charge in [0.15, 0.2) is 0 Å². The molecule has 1 aliphatic rings. The monoisotopic (exact) mass is 265 g/mol. The van der Waals surface area contributed by atoms with E-state index in [1.807, 2.05) is 12.1 Å². The first-order valence-corrected chi connectivity index (χ1v) is 6.60. The van der Waals surface area contributed by atoms with Crippen molar-refractivity contribution in [3.8, 4) is 0 Å². The van der Waals surface area contributed by atoms with E-state index in [0.717, 1.165) is 37.5 Å². The van der Waals surface area contributed by atoms with Crippen LogP contribution in [-0.4, -0.2) is 29.9 Å². The molecule has 1 aromatic rings. The molecule has 0 spiro atoms. The Morgan fingerprint density at radius 1 is 1.33 bits per heavy atom. The van der Waals surface area contributed by atoms with Gasteiger partial charge >= 0.3 is 0 Å². The molecule has 97 valence electrons. The Morgan fingerprint density at radius 2 is 1.94 bits per heavy atom. The van der Waals surface area contributed by atoms with Crippen LogP contribution in [0.25, 0.3) is 0 Å². The van der Waals surface area contributed by atoms with Crippen LogP contribution in [0.5, 0.6) is 0 Å². The number of carbonyl (C=O) groups is 1. The lowest BCUT2D eigenvalue weighted by molar-refractivity contribution is -0.117. The van der Waals surface area contributed by atoms with Gasteiger partial charge in [-0.3, -0.25) is 9.69 Å². The molecule has 0 atom stereocenters. The second-order valence-corrected chi connectivity index (χ2v) is 5.18. The summed E-state index contributed by atoms with van der Waals surface area (Å²) < 4.78 is 0. The summed E-state index contributed by atoms with van der Waals surface area (Å²) in [6, 6.07) is 8.26.